The molecule has 2 aromatic heterocycles. The lowest BCUT2D eigenvalue weighted by Gasteiger charge is -2.19. The number of aromatic nitrogens is 3. The molecule has 1 fully saturated rings. The van der Waals surface area contributed by atoms with Crippen molar-refractivity contribution in [1.29, 1.82) is 0 Å². The highest BCUT2D eigenvalue weighted by atomic mass is 16.1. The fraction of sp³-hybridized carbons (Fsp3) is 0.219. The lowest BCUT2D eigenvalue weighted by Crippen LogP contribution is -2.27. The van der Waals surface area contributed by atoms with Crippen molar-refractivity contribution >= 4 is 22.5 Å². The van der Waals surface area contributed by atoms with E-state index in [0.29, 0.717) is 30.4 Å². The van der Waals surface area contributed by atoms with Gasteiger partial charge in [-0.15, -0.1) is 0 Å². The van der Waals surface area contributed by atoms with E-state index < -0.39 is 0 Å². The highest BCUT2D eigenvalue weighted by Crippen LogP contribution is 2.39. The Kier molecular flexibility index (Phi) is 7.59. The molecule has 1 amide bonds. The Hall–Kier alpha value is -4.65. The van der Waals surface area contributed by atoms with Crippen LogP contribution in [0.25, 0.3) is 10.8 Å². The van der Waals surface area contributed by atoms with E-state index in [9.17, 15) is 4.79 Å². The van der Waals surface area contributed by atoms with Crippen molar-refractivity contribution in [3.8, 4) is 0 Å². The Morgan fingerprint density at radius 3 is 2.59 bits per heavy atom. The molecule has 198 valence electrons. The van der Waals surface area contributed by atoms with E-state index >= 15 is 0 Å². The predicted octanol–water partition coefficient (Wildman–Crippen LogP) is 5.48. The molecule has 1 aliphatic rings. The quantitative estimate of drug-likeness (QED) is 0.203. The highest BCUT2D eigenvalue weighted by molar-refractivity contribution is 5.98. The molecule has 2 heterocycles. The summed E-state index contributed by atoms with van der Waals surface area (Å²) in [5.41, 5.74) is 11.9. The van der Waals surface area contributed by atoms with E-state index in [4.69, 9.17) is 5.73 Å². The second-order valence-electron chi connectivity index (χ2n) is 10.2. The summed E-state index contributed by atoms with van der Waals surface area (Å²) >= 11 is 0. The van der Waals surface area contributed by atoms with Crippen molar-refractivity contribution in [3.05, 3.63) is 126 Å². The van der Waals surface area contributed by atoms with Gasteiger partial charge in [-0.1, -0.05) is 49.6 Å². The zero-order valence-electron chi connectivity index (χ0n) is 22.3. The Morgan fingerprint density at radius 2 is 1.90 bits per heavy atom. The van der Waals surface area contributed by atoms with E-state index in [0.717, 1.165) is 52.4 Å². The van der Waals surface area contributed by atoms with Crippen LogP contribution in [0.4, 0.5) is 5.82 Å². The highest BCUT2D eigenvalue weighted by Gasteiger charge is 2.29. The summed E-state index contributed by atoms with van der Waals surface area (Å²) in [6.45, 7) is 12.0. The number of hydrogen-bond acceptors (Lipinski definition) is 5. The Bertz CT molecular complexity index is 1540. The van der Waals surface area contributed by atoms with Crippen molar-refractivity contribution in [3.63, 3.8) is 0 Å². The molecule has 0 saturated heterocycles. The first-order valence-corrected chi connectivity index (χ1v) is 13.2. The largest absolute Gasteiger partial charge is 0.383 e. The summed E-state index contributed by atoms with van der Waals surface area (Å²) in [4.78, 5) is 19.5. The van der Waals surface area contributed by atoms with E-state index in [1.165, 1.54) is 5.56 Å². The van der Waals surface area contributed by atoms with Crippen molar-refractivity contribution in [2.24, 2.45) is 5.92 Å². The number of fused-ring (bicyclic) bond motifs is 1. The Balaban J connectivity index is 1.27. The topological polar surface area (TPSA) is 89.1 Å². The maximum atomic E-state index is 13.4. The van der Waals surface area contributed by atoms with Gasteiger partial charge in [-0.2, -0.15) is 5.10 Å². The number of hydrogen-bond donors (Lipinski definition) is 2. The minimum absolute atomic E-state index is 0.141. The molecule has 2 aromatic carbocycles. The molecule has 0 aliphatic heterocycles. The maximum Gasteiger partial charge on any atom is 0.253 e. The number of benzene rings is 2. The smallest absolute Gasteiger partial charge is 0.253 e. The molecule has 0 unspecified atom stereocenters. The van der Waals surface area contributed by atoms with Gasteiger partial charge in [0.15, 0.2) is 0 Å². The Morgan fingerprint density at radius 1 is 1.15 bits per heavy atom. The van der Waals surface area contributed by atoms with Gasteiger partial charge < -0.3 is 16.0 Å². The van der Waals surface area contributed by atoms with Gasteiger partial charge in [-0.25, -0.2) is 4.98 Å². The van der Waals surface area contributed by atoms with Gasteiger partial charge in [-0.3, -0.25) is 9.48 Å². The zero-order chi connectivity index (χ0) is 27.4. The molecule has 3 N–H and O–H groups in total. The second kappa shape index (κ2) is 11.4. The molecular weight excluding hydrogens is 484 g/mol. The molecule has 0 spiro atoms. The van der Waals surface area contributed by atoms with Gasteiger partial charge in [0.25, 0.3) is 5.91 Å². The number of pyridine rings is 1. The monoisotopic (exact) mass is 518 g/mol. The first-order valence-electron chi connectivity index (χ1n) is 13.2. The third-order valence-electron chi connectivity index (χ3n) is 7.00. The van der Waals surface area contributed by atoms with Crippen molar-refractivity contribution in [1.82, 2.24) is 25.0 Å². The van der Waals surface area contributed by atoms with Crippen LogP contribution in [0.2, 0.25) is 0 Å². The summed E-state index contributed by atoms with van der Waals surface area (Å²) in [5.74, 6) is 0.717. The predicted molar refractivity (Wildman–Crippen MR) is 156 cm³/mol. The number of nitrogens with two attached hydrogens (primary N) is 1. The van der Waals surface area contributed by atoms with Crippen molar-refractivity contribution in [2.45, 2.75) is 39.4 Å². The molecule has 39 heavy (non-hydrogen) atoms. The molecule has 1 saturated carbocycles. The number of aryl methyl sites for hydroxylation is 1. The van der Waals surface area contributed by atoms with Crippen LogP contribution in [0.1, 0.15) is 35.1 Å². The maximum absolute atomic E-state index is 13.4. The molecule has 0 atom stereocenters. The molecule has 1 aliphatic carbocycles. The van der Waals surface area contributed by atoms with Gasteiger partial charge in [0.1, 0.15) is 5.82 Å². The van der Waals surface area contributed by atoms with Crippen LogP contribution in [-0.4, -0.2) is 25.6 Å². The lowest BCUT2D eigenvalue weighted by molar-refractivity contribution is -0.117. The molecule has 0 radical (unpaired) electrons. The normalized spacial score (nSPS) is 13.3. The number of nitrogen functional groups attached to an aromatic ring is 1. The summed E-state index contributed by atoms with van der Waals surface area (Å²) in [6, 6.07) is 16.3. The number of nitrogens with zero attached hydrogens (tertiary/aromatic N) is 4. The zero-order valence-corrected chi connectivity index (χ0v) is 22.3. The van der Waals surface area contributed by atoms with Gasteiger partial charge in [0.2, 0.25) is 0 Å². The summed E-state index contributed by atoms with van der Waals surface area (Å²) < 4.78 is 1.93. The number of carbonyl (C=O) groups excluding carboxylic acids is 1. The molecule has 4 aromatic rings. The average Bonchev–Trinajstić information content (AvgIpc) is 3.72. The number of nitrogens with one attached hydrogen (secondary N) is 1. The summed E-state index contributed by atoms with van der Waals surface area (Å²) in [6.07, 6.45) is 11.3. The lowest BCUT2D eigenvalue weighted by atomic mass is 10.0. The Labute approximate surface area is 229 Å². The fourth-order valence-corrected chi connectivity index (χ4v) is 4.61. The first kappa shape index (κ1) is 26.0. The van der Waals surface area contributed by atoms with Crippen LogP contribution in [0.3, 0.4) is 0 Å². The van der Waals surface area contributed by atoms with E-state index in [2.05, 4.69) is 52.8 Å². The van der Waals surface area contributed by atoms with Gasteiger partial charge in [-0.05, 0) is 77.2 Å². The number of rotatable bonds is 11. The standard InChI is InChI=1S/C32H34N6O/c1-4-37(19-24-5-7-25(8-6-24)20-38-18-22(2)16-36-38)21-30(23(3)27-10-11-27)32(39)35-17-26-9-12-29-28(15-26)13-14-34-31(29)33/h4-9,12-16,18,21,27H,1,3,10-11,17,19-20H2,2H3,(H2,33,34)(H,35,39)/b30-21+. The van der Waals surface area contributed by atoms with Crippen LogP contribution in [0.15, 0.2) is 104 Å². The van der Waals surface area contributed by atoms with E-state index in [1.54, 1.807) is 12.4 Å². The molecule has 5 rings (SSSR count). The minimum atomic E-state index is -0.141. The third-order valence-corrected chi connectivity index (χ3v) is 7.00. The van der Waals surface area contributed by atoms with Gasteiger partial charge in [0.05, 0.1) is 18.3 Å². The molecular formula is C32H34N6O. The summed E-state index contributed by atoms with van der Waals surface area (Å²) in [5, 5.41) is 9.35. The average molecular weight is 519 g/mol. The molecule has 7 nitrogen and oxygen atoms in total. The van der Waals surface area contributed by atoms with Crippen molar-refractivity contribution < 1.29 is 4.79 Å². The fourth-order valence-electron chi connectivity index (χ4n) is 4.61. The van der Waals surface area contributed by atoms with Crippen LogP contribution < -0.4 is 11.1 Å². The van der Waals surface area contributed by atoms with Crippen LogP contribution in [0, 0.1) is 12.8 Å². The first-order chi connectivity index (χ1) is 18.9. The summed E-state index contributed by atoms with van der Waals surface area (Å²) in [7, 11) is 0. The van der Waals surface area contributed by atoms with Gasteiger partial charge in [0, 0.05) is 37.1 Å². The SMILES string of the molecule is C=CN(/C=C(\C(=C)C1CC1)C(=O)NCc1ccc2c(N)nccc2c1)Cc1ccc(Cn2cc(C)cn2)cc1. The number of anilines is 1. The van der Waals surface area contributed by atoms with Crippen LogP contribution in [0.5, 0.6) is 0 Å². The van der Waals surface area contributed by atoms with Gasteiger partial charge >= 0.3 is 0 Å². The van der Waals surface area contributed by atoms with Crippen LogP contribution in [-0.2, 0) is 24.4 Å². The van der Waals surface area contributed by atoms with E-state index in [-0.39, 0.29) is 5.91 Å². The molecule has 7 heteroatoms. The molecule has 0 bridgehead atoms. The third kappa shape index (κ3) is 6.44. The number of amides is 1. The second-order valence-corrected chi connectivity index (χ2v) is 10.2. The number of carbonyl (C=O) groups is 1. The minimum Gasteiger partial charge on any atom is -0.383 e. The van der Waals surface area contributed by atoms with Crippen molar-refractivity contribution in [2.75, 3.05) is 5.73 Å². The van der Waals surface area contributed by atoms with Crippen LogP contribution >= 0.6 is 0 Å². The van der Waals surface area contributed by atoms with E-state index in [1.807, 2.05) is 59.4 Å².